The Hall–Kier alpha value is -2.05. The van der Waals surface area contributed by atoms with E-state index in [1.165, 1.54) is 10.5 Å². The van der Waals surface area contributed by atoms with Crippen LogP contribution in [-0.2, 0) is 15.0 Å². The zero-order valence-corrected chi connectivity index (χ0v) is 16.6. The second-order valence-electron chi connectivity index (χ2n) is 8.81. The fourth-order valence-corrected chi connectivity index (χ4v) is 3.68. The first-order valence-corrected chi connectivity index (χ1v) is 9.68. The molecule has 0 unspecified atom stereocenters. The first-order chi connectivity index (χ1) is 13.0. The first-order valence-electron chi connectivity index (χ1n) is 9.68. The zero-order valence-electron chi connectivity index (χ0n) is 16.6. The second kappa shape index (κ2) is 7.41. The van der Waals surface area contributed by atoms with E-state index in [9.17, 15) is 18.0 Å². The average molecular weight is 396 g/mol. The Morgan fingerprint density at radius 2 is 1.75 bits per heavy atom. The molecule has 2 heterocycles. The smallest absolute Gasteiger partial charge is 0.388 e. The van der Waals surface area contributed by atoms with Gasteiger partial charge < -0.3 is 9.74 Å². The van der Waals surface area contributed by atoms with Gasteiger partial charge in [-0.2, -0.15) is 13.2 Å². The van der Waals surface area contributed by atoms with Gasteiger partial charge in [0.15, 0.2) is 0 Å². The summed E-state index contributed by atoms with van der Waals surface area (Å²) in [6.45, 7) is 7.30. The summed E-state index contributed by atoms with van der Waals surface area (Å²) >= 11 is 0. The molecule has 1 aromatic carbocycles. The summed E-state index contributed by atoms with van der Waals surface area (Å²) in [6.07, 6.45) is -4.03. The van der Waals surface area contributed by atoms with Gasteiger partial charge in [0.2, 0.25) is 5.91 Å². The molecule has 0 bridgehead atoms. The summed E-state index contributed by atoms with van der Waals surface area (Å²) < 4.78 is 36.9. The van der Waals surface area contributed by atoms with Crippen LogP contribution in [0.25, 0.3) is 0 Å². The van der Waals surface area contributed by atoms with Crippen LogP contribution in [0.3, 0.4) is 0 Å². The second-order valence-corrected chi connectivity index (χ2v) is 8.81. The highest BCUT2D eigenvalue weighted by atomic mass is 19.4. The van der Waals surface area contributed by atoms with Crippen LogP contribution in [0.4, 0.5) is 13.2 Å². The number of hydrogen-bond donors (Lipinski definition) is 0. The number of oxime groups is 1. The minimum Gasteiger partial charge on any atom is -0.388 e. The maximum Gasteiger partial charge on any atom is 0.389 e. The van der Waals surface area contributed by atoms with Crippen molar-refractivity contribution in [1.82, 2.24) is 4.90 Å². The van der Waals surface area contributed by atoms with Crippen LogP contribution in [0.2, 0.25) is 0 Å². The van der Waals surface area contributed by atoms with Crippen molar-refractivity contribution in [3.8, 4) is 0 Å². The molecule has 0 radical (unpaired) electrons. The van der Waals surface area contributed by atoms with E-state index < -0.39 is 30.5 Å². The lowest BCUT2D eigenvalue weighted by atomic mass is 9.84. The lowest BCUT2D eigenvalue weighted by Gasteiger charge is -2.37. The molecule has 3 rings (SSSR count). The fourth-order valence-electron chi connectivity index (χ4n) is 3.68. The molecule has 0 N–H and O–H groups in total. The van der Waals surface area contributed by atoms with E-state index in [-0.39, 0.29) is 5.41 Å². The number of amides is 1. The molecule has 0 saturated carbocycles. The number of carbonyl (C=O) groups is 1. The highest BCUT2D eigenvalue weighted by molar-refractivity contribution is 6.01. The van der Waals surface area contributed by atoms with Crippen LogP contribution in [0.1, 0.15) is 64.0 Å². The summed E-state index contributed by atoms with van der Waals surface area (Å²) in [7, 11) is 0. The van der Waals surface area contributed by atoms with Crippen molar-refractivity contribution in [2.45, 2.75) is 70.1 Å². The topological polar surface area (TPSA) is 41.9 Å². The summed E-state index contributed by atoms with van der Waals surface area (Å²) in [4.78, 5) is 19.3. The maximum absolute atomic E-state index is 12.3. The van der Waals surface area contributed by atoms with Crippen molar-refractivity contribution in [3.05, 3.63) is 35.4 Å². The van der Waals surface area contributed by atoms with Gasteiger partial charge in [-0.3, -0.25) is 4.79 Å². The van der Waals surface area contributed by atoms with Gasteiger partial charge in [-0.1, -0.05) is 50.2 Å². The molecular formula is C21H27F3N2O2. The quantitative estimate of drug-likeness (QED) is 0.736. The largest absolute Gasteiger partial charge is 0.389 e. The van der Waals surface area contributed by atoms with Crippen molar-refractivity contribution >= 4 is 11.6 Å². The number of hydrogen-bond acceptors (Lipinski definition) is 3. The molecule has 2 aliphatic rings. The molecule has 0 atom stereocenters. The van der Waals surface area contributed by atoms with Crippen molar-refractivity contribution in [3.63, 3.8) is 0 Å². The molecule has 1 fully saturated rings. The van der Waals surface area contributed by atoms with Crippen LogP contribution >= 0.6 is 0 Å². The SMILES string of the molecule is CC(C)(C)c1ccc(C2=NOC3(CCN(C(=O)CCC(F)(F)F)CC3)C2)cc1. The maximum atomic E-state index is 12.3. The number of rotatable bonds is 3. The summed E-state index contributed by atoms with van der Waals surface area (Å²) in [6, 6.07) is 8.31. The van der Waals surface area contributed by atoms with Crippen molar-refractivity contribution in [2.24, 2.45) is 5.16 Å². The summed E-state index contributed by atoms with van der Waals surface area (Å²) in [5.74, 6) is -0.441. The van der Waals surface area contributed by atoms with Gasteiger partial charge in [0, 0.05) is 38.8 Å². The van der Waals surface area contributed by atoms with Crippen molar-refractivity contribution < 1.29 is 22.8 Å². The summed E-state index contributed by atoms with van der Waals surface area (Å²) in [5.41, 5.74) is 2.79. The third kappa shape index (κ3) is 4.86. The van der Waals surface area contributed by atoms with E-state index in [4.69, 9.17) is 4.84 Å². The van der Waals surface area contributed by atoms with Gasteiger partial charge in [0.25, 0.3) is 0 Å². The number of benzene rings is 1. The molecule has 1 saturated heterocycles. The van der Waals surface area contributed by atoms with Gasteiger partial charge in [0.1, 0.15) is 5.60 Å². The zero-order chi connectivity index (χ0) is 20.6. The minimum atomic E-state index is -4.30. The lowest BCUT2D eigenvalue weighted by Crippen LogP contribution is -2.47. The number of halogens is 3. The standard InChI is InChI=1S/C21H27F3N2O2/c1-19(2,3)16-6-4-15(5-7-16)17-14-20(28-25-17)10-12-26(13-11-20)18(27)8-9-21(22,23)24/h4-7H,8-14H2,1-3H3. The van der Waals surface area contributed by atoms with Crippen LogP contribution in [0, 0.1) is 0 Å². The van der Waals surface area contributed by atoms with E-state index >= 15 is 0 Å². The van der Waals surface area contributed by atoms with Gasteiger partial charge in [-0.05, 0) is 16.5 Å². The van der Waals surface area contributed by atoms with E-state index in [0.29, 0.717) is 32.4 Å². The van der Waals surface area contributed by atoms with E-state index in [0.717, 1.165) is 11.3 Å². The van der Waals surface area contributed by atoms with Crippen LogP contribution in [0.5, 0.6) is 0 Å². The Bertz CT molecular complexity index is 740. The number of nitrogens with zero attached hydrogens (tertiary/aromatic N) is 2. The van der Waals surface area contributed by atoms with Gasteiger partial charge in [-0.25, -0.2) is 0 Å². The normalized spacial score (nSPS) is 19.5. The predicted molar refractivity (Wildman–Crippen MR) is 101 cm³/mol. The number of carbonyl (C=O) groups excluding carboxylic acids is 1. The predicted octanol–water partition coefficient (Wildman–Crippen LogP) is 4.81. The molecule has 0 aliphatic carbocycles. The monoisotopic (exact) mass is 396 g/mol. The van der Waals surface area contributed by atoms with Crippen molar-refractivity contribution in [1.29, 1.82) is 0 Å². The van der Waals surface area contributed by atoms with E-state index in [2.05, 4.69) is 50.2 Å². The summed E-state index contributed by atoms with van der Waals surface area (Å²) in [5, 5.41) is 4.28. The molecule has 4 nitrogen and oxygen atoms in total. The Morgan fingerprint density at radius 3 is 2.29 bits per heavy atom. The minimum absolute atomic E-state index is 0.0826. The molecule has 1 spiro atoms. The third-order valence-electron chi connectivity index (χ3n) is 5.57. The Labute approximate surface area is 163 Å². The molecule has 1 amide bonds. The van der Waals surface area contributed by atoms with E-state index in [1.807, 2.05) is 0 Å². The van der Waals surface area contributed by atoms with Gasteiger partial charge in [0.05, 0.1) is 12.1 Å². The Kier molecular flexibility index (Phi) is 5.47. The van der Waals surface area contributed by atoms with Gasteiger partial charge in [-0.15, -0.1) is 0 Å². The number of likely N-dealkylation sites (tertiary alicyclic amines) is 1. The van der Waals surface area contributed by atoms with Crippen LogP contribution in [0.15, 0.2) is 29.4 Å². The molecule has 7 heteroatoms. The highest BCUT2D eigenvalue weighted by Crippen LogP contribution is 2.37. The number of alkyl halides is 3. The van der Waals surface area contributed by atoms with Crippen molar-refractivity contribution in [2.75, 3.05) is 13.1 Å². The average Bonchev–Trinajstić information content (AvgIpc) is 3.03. The number of piperidine rings is 1. The molecule has 154 valence electrons. The first kappa shape index (κ1) is 20.7. The fraction of sp³-hybridized carbons (Fsp3) is 0.619. The third-order valence-corrected chi connectivity index (χ3v) is 5.57. The van der Waals surface area contributed by atoms with Crippen LogP contribution < -0.4 is 0 Å². The molecule has 0 aromatic heterocycles. The molecule has 2 aliphatic heterocycles. The van der Waals surface area contributed by atoms with Crippen LogP contribution in [-0.4, -0.2) is 41.4 Å². The van der Waals surface area contributed by atoms with Gasteiger partial charge >= 0.3 is 6.18 Å². The Balaban J connectivity index is 1.55. The molecule has 1 aromatic rings. The molecular weight excluding hydrogens is 369 g/mol. The Morgan fingerprint density at radius 1 is 1.14 bits per heavy atom. The molecule has 28 heavy (non-hydrogen) atoms. The van der Waals surface area contributed by atoms with E-state index in [1.54, 1.807) is 0 Å². The lowest BCUT2D eigenvalue weighted by molar-refractivity contribution is -0.152. The highest BCUT2D eigenvalue weighted by Gasteiger charge is 2.43.